The van der Waals surface area contributed by atoms with Crippen LogP contribution in [0.1, 0.15) is 86.4 Å². The third kappa shape index (κ3) is 19.3. The predicted octanol–water partition coefficient (Wildman–Crippen LogP) is 7.43. The fourth-order valence-corrected chi connectivity index (χ4v) is 11.0. The summed E-state index contributed by atoms with van der Waals surface area (Å²) in [4.78, 5) is 124. The van der Waals surface area contributed by atoms with E-state index in [9.17, 15) is 43.2 Å². The van der Waals surface area contributed by atoms with E-state index < -0.39 is 167 Å². The Bertz CT molecular complexity index is 3350. The van der Waals surface area contributed by atoms with E-state index in [1.807, 2.05) is 0 Å². The van der Waals surface area contributed by atoms with Gasteiger partial charge < -0.3 is 75.8 Å². The van der Waals surface area contributed by atoms with Gasteiger partial charge in [0, 0.05) is 42.4 Å². The Morgan fingerprint density at radius 3 is 1.16 bits per heavy atom. The highest BCUT2D eigenvalue weighted by Gasteiger charge is 2.60. The molecule has 0 aliphatic carbocycles. The van der Waals surface area contributed by atoms with E-state index in [2.05, 4.69) is 19.6 Å². The lowest BCUT2D eigenvalue weighted by molar-refractivity contribution is -0.375. The molecule has 0 N–H and O–H groups in total. The smallest absolute Gasteiger partial charge is 0.338 e. The quantitative estimate of drug-likeness (QED) is 0.0311. The lowest BCUT2D eigenvalue weighted by Gasteiger charge is -2.50. The van der Waals surface area contributed by atoms with E-state index in [0.717, 1.165) is 27.7 Å². The average Bonchev–Trinajstić information content (AvgIpc) is 0.946. The Kier molecular flexibility index (Phi) is 24.5. The molecule has 5 aromatic rings. The first-order chi connectivity index (χ1) is 44.5. The molecule has 0 bridgehead atoms. The fourth-order valence-electron chi connectivity index (χ4n) is 10.2. The summed E-state index contributed by atoms with van der Waals surface area (Å²) in [5.41, 5.74) is 0.0638. The van der Waals surface area contributed by atoms with Crippen LogP contribution < -0.4 is 4.74 Å². The molecule has 0 aromatic heterocycles. The molecule has 496 valence electrons. The lowest BCUT2D eigenvalue weighted by atomic mass is 9.95. The van der Waals surface area contributed by atoms with E-state index in [1.54, 1.807) is 67.6 Å². The number of carbonyl (C=O) groups excluding carboxylic acids is 9. The van der Waals surface area contributed by atoms with Gasteiger partial charge in [-0.05, 0) is 85.8 Å². The van der Waals surface area contributed by atoms with Crippen LogP contribution in [0.15, 0.2) is 146 Å². The molecule has 0 unspecified atom stereocenters. The van der Waals surface area contributed by atoms with Crippen molar-refractivity contribution in [2.75, 3.05) is 26.9 Å². The summed E-state index contributed by atoms with van der Waals surface area (Å²) in [5, 5.41) is 0. The van der Waals surface area contributed by atoms with Gasteiger partial charge in [-0.3, -0.25) is 19.2 Å². The molecule has 3 fully saturated rings. The van der Waals surface area contributed by atoms with Crippen LogP contribution in [0.5, 0.6) is 5.75 Å². The van der Waals surface area contributed by atoms with Gasteiger partial charge in [-0.1, -0.05) is 92.4 Å². The number of benzene rings is 5. The fraction of sp³-hybridized carbons (Fsp3) is 0.418. The first kappa shape index (κ1) is 70.0. The van der Waals surface area contributed by atoms with Crippen LogP contribution in [0.4, 0.5) is 0 Å². The Hall–Kier alpha value is -8.89. The molecule has 0 spiro atoms. The van der Waals surface area contributed by atoms with Crippen molar-refractivity contribution in [1.82, 2.24) is 0 Å². The number of esters is 9. The molecule has 26 heteroatoms. The summed E-state index contributed by atoms with van der Waals surface area (Å²) in [5.74, 6) is -8.27. The second kappa shape index (κ2) is 32.6. The molecule has 8 rings (SSSR count). The Labute approximate surface area is 537 Å². The first-order valence-corrected chi connectivity index (χ1v) is 33.6. The average molecular weight is 1310 g/mol. The van der Waals surface area contributed by atoms with Gasteiger partial charge in [0.25, 0.3) is 0 Å². The summed E-state index contributed by atoms with van der Waals surface area (Å²) < 4.78 is 99.6. The number of hydrogen-bond acceptors (Lipinski definition) is 25. The summed E-state index contributed by atoms with van der Waals surface area (Å²) in [6, 6.07) is 37.4. The second-order valence-corrected chi connectivity index (χ2v) is 28.6. The molecule has 3 heterocycles. The summed E-state index contributed by atoms with van der Waals surface area (Å²) in [6.45, 7) is 10.6. The minimum Gasteiger partial charge on any atom is -0.497 e. The molecule has 3 aliphatic heterocycles. The monoisotopic (exact) mass is 1310 g/mol. The number of methoxy groups -OCH3 is 1. The van der Waals surface area contributed by atoms with Gasteiger partial charge in [0.2, 0.25) is 0 Å². The maximum Gasteiger partial charge on any atom is 0.338 e. The standard InChI is InChI=1S/C67H74O25Si/c1-38-51(54(87-61(73)43-22-14-10-15-23-43)57(65(81-38)78-34-35-93(7,8)9)89-63(75)45-26-18-12-19-27-45)91-67-59(90-64(76)46-28-20-13-21-29-46)56(88-62(74)44-24-16-11-17-25-44)53(50(86-67)37-80-60(72)47-30-32-48(77-6)33-31-47)92-66-58(84-42(5)71)55(83-41(4)70)52(82-40(3)69)49(85-66)36-79-39(2)68/h10-33,38,49-59,65-67H,34-37H2,1-9H3/t38-,49-,50-,51-,52-,53+,54+,55+,56+,57-,58-,59-,65-,66-,67+/m1/s1. The third-order valence-electron chi connectivity index (χ3n) is 14.7. The van der Waals surface area contributed by atoms with Crippen LogP contribution in [-0.2, 0) is 90.2 Å². The van der Waals surface area contributed by atoms with Crippen LogP contribution in [0.25, 0.3) is 0 Å². The minimum absolute atomic E-state index is 0.00662. The Balaban J connectivity index is 1.32. The van der Waals surface area contributed by atoms with Crippen LogP contribution in [0, 0.1) is 0 Å². The van der Waals surface area contributed by atoms with Gasteiger partial charge in [0.1, 0.15) is 43.4 Å². The highest BCUT2D eigenvalue weighted by Crippen LogP contribution is 2.39. The van der Waals surface area contributed by atoms with Crippen molar-refractivity contribution < 1.29 is 119 Å². The molecule has 0 amide bonds. The van der Waals surface area contributed by atoms with E-state index >= 15 is 0 Å². The maximum absolute atomic E-state index is 14.9. The molecule has 5 aromatic carbocycles. The van der Waals surface area contributed by atoms with Crippen molar-refractivity contribution in [3.63, 3.8) is 0 Å². The van der Waals surface area contributed by atoms with Gasteiger partial charge in [-0.2, -0.15) is 0 Å². The zero-order valence-corrected chi connectivity index (χ0v) is 53.6. The van der Waals surface area contributed by atoms with Crippen LogP contribution >= 0.6 is 0 Å². The maximum atomic E-state index is 14.9. The van der Waals surface area contributed by atoms with Crippen LogP contribution in [0.3, 0.4) is 0 Å². The van der Waals surface area contributed by atoms with Gasteiger partial charge in [-0.25, -0.2) is 24.0 Å². The topological polar surface area (TPSA) is 301 Å². The largest absolute Gasteiger partial charge is 0.497 e. The van der Waals surface area contributed by atoms with Crippen LogP contribution in [-0.4, -0.2) is 181 Å². The SMILES string of the molecule is COc1ccc(C(=O)OC[C@H]2O[C@@H](O[C@H]3[C@H](OC(=O)c4ccccc4)[C@@H](OC(=O)c4ccccc4)[C@H](OCC[Si](C)(C)C)O[C@@H]3C)[C@H](OC(=O)c3ccccc3)[C@@H](OC(=O)c3ccccc3)[C@H]2O[C@H]2O[C@H](COC(C)=O)[C@@H](OC(C)=O)[C@H](OC(C)=O)[C@H]2OC(C)=O)cc1. The van der Waals surface area contributed by atoms with Crippen molar-refractivity contribution >= 4 is 61.8 Å². The summed E-state index contributed by atoms with van der Waals surface area (Å²) >= 11 is 0. The van der Waals surface area contributed by atoms with E-state index in [0.29, 0.717) is 11.8 Å². The molecule has 25 nitrogen and oxygen atoms in total. The highest BCUT2D eigenvalue weighted by atomic mass is 28.3. The molecule has 0 saturated carbocycles. The predicted molar refractivity (Wildman–Crippen MR) is 325 cm³/mol. The van der Waals surface area contributed by atoms with Gasteiger partial charge in [0.15, 0.2) is 61.6 Å². The van der Waals surface area contributed by atoms with Crippen molar-refractivity contribution in [2.24, 2.45) is 0 Å². The van der Waals surface area contributed by atoms with E-state index in [4.69, 9.17) is 75.8 Å². The van der Waals surface area contributed by atoms with Crippen molar-refractivity contribution in [3.8, 4) is 5.75 Å². The highest BCUT2D eigenvalue weighted by molar-refractivity contribution is 6.76. The number of carbonyl (C=O) groups is 9. The molecule has 93 heavy (non-hydrogen) atoms. The third-order valence-corrected chi connectivity index (χ3v) is 16.4. The molecule has 0 radical (unpaired) electrons. The summed E-state index contributed by atoms with van der Waals surface area (Å²) in [6.07, 6.45) is -26.7. The molecule has 3 aliphatic rings. The molecule has 3 saturated heterocycles. The van der Waals surface area contributed by atoms with Crippen molar-refractivity contribution in [1.29, 1.82) is 0 Å². The summed E-state index contributed by atoms with van der Waals surface area (Å²) in [7, 11) is -0.383. The minimum atomic E-state index is -2.07. The molecule has 15 atom stereocenters. The normalized spacial score (nSPS) is 25.9. The van der Waals surface area contributed by atoms with Crippen molar-refractivity contribution in [3.05, 3.63) is 173 Å². The second-order valence-electron chi connectivity index (χ2n) is 23.0. The lowest BCUT2D eigenvalue weighted by Crippen LogP contribution is -2.68. The van der Waals surface area contributed by atoms with Crippen LogP contribution in [0.2, 0.25) is 25.7 Å². The first-order valence-electron chi connectivity index (χ1n) is 29.9. The van der Waals surface area contributed by atoms with Crippen molar-refractivity contribution in [2.45, 2.75) is 152 Å². The number of ether oxygens (including phenoxy) is 16. The zero-order valence-electron chi connectivity index (χ0n) is 52.6. The number of hydrogen-bond donors (Lipinski definition) is 0. The molecular weight excluding hydrogens is 1230 g/mol. The Morgan fingerprint density at radius 2 is 0.731 bits per heavy atom. The van der Waals surface area contributed by atoms with E-state index in [1.165, 1.54) is 92.0 Å². The number of rotatable bonds is 25. The zero-order chi connectivity index (χ0) is 66.9. The molecular formula is C67H74O25Si. The van der Waals surface area contributed by atoms with Gasteiger partial charge >= 0.3 is 53.7 Å². The van der Waals surface area contributed by atoms with Gasteiger partial charge in [0.05, 0.1) is 41.0 Å². The Morgan fingerprint density at radius 1 is 0.376 bits per heavy atom. The van der Waals surface area contributed by atoms with E-state index in [-0.39, 0.29) is 34.4 Å². The van der Waals surface area contributed by atoms with Gasteiger partial charge in [-0.15, -0.1) is 0 Å².